The lowest BCUT2D eigenvalue weighted by molar-refractivity contribution is 0.734. The van der Waals surface area contributed by atoms with Crippen molar-refractivity contribution in [1.29, 1.82) is 0 Å². The summed E-state index contributed by atoms with van der Waals surface area (Å²) in [4.78, 5) is 15.8. The van der Waals surface area contributed by atoms with E-state index in [0.29, 0.717) is 6.54 Å². The molecule has 0 amide bonds. The molecule has 5 heteroatoms. The summed E-state index contributed by atoms with van der Waals surface area (Å²) < 4.78 is 1.49. The molecule has 0 saturated carbocycles. The minimum atomic E-state index is 0.00108. The highest BCUT2D eigenvalue weighted by Gasteiger charge is 2.12. The van der Waals surface area contributed by atoms with Crippen molar-refractivity contribution in [2.45, 2.75) is 6.54 Å². The molecule has 0 fully saturated rings. The molecule has 84 valence electrons. The van der Waals surface area contributed by atoms with Gasteiger partial charge in [-0.25, -0.2) is 0 Å². The van der Waals surface area contributed by atoms with Crippen LogP contribution in [-0.4, -0.2) is 21.8 Å². The Bertz CT molecular complexity index is 527. The van der Waals surface area contributed by atoms with Crippen molar-refractivity contribution >= 4 is 0 Å². The highest BCUT2D eigenvalue weighted by molar-refractivity contribution is 5.61. The molecule has 2 rings (SSSR count). The van der Waals surface area contributed by atoms with E-state index >= 15 is 0 Å². The van der Waals surface area contributed by atoms with Crippen LogP contribution >= 0.6 is 0 Å². The molecule has 0 saturated heterocycles. The van der Waals surface area contributed by atoms with Crippen LogP contribution in [0.5, 0.6) is 0 Å². The highest BCUT2D eigenvalue weighted by Crippen LogP contribution is 2.17. The summed E-state index contributed by atoms with van der Waals surface area (Å²) in [5, 5.41) is 6.05. The van der Waals surface area contributed by atoms with E-state index in [1.54, 1.807) is 19.4 Å². The fourth-order valence-electron chi connectivity index (χ4n) is 1.69. The molecule has 0 aromatic carbocycles. The van der Waals surface area contributed by atoms with E-state index in [0.717, 1.165) is 16.8 Å². The van der Waals surface area contributed by atoms with Gasteiger partial charge in [0.25, 0.3) is 5.56 Å². The van der Waals surface area contributed by atoms with Gasteiger partial charge in [-0.05, 0) is 19.2 Å². The van der Waals surface area contributed by atoms with Crippen LogP contribution < -0.4 is 10.9 Å². The molecular weight excluding hydrogens is 204 g/mol. The first-order chi connectivity index (χ1) is 7.74. The Kier molecular flexibility index (Phi) is 2.87. The van der Waals surface area contributed by atoms with E-state index < -0.39 is 0 Å². The number of nitrogens with zero attached hydrogens (tertiary/aromatic N) is 2. The Morgan fingerprint density at radius 3 is 2.75 bits per heavy atom. The van der Waals surface area contributed by atoms with Gasteiger partial charge in [-0.3, -0.25) is 19.6 Å². The van der Waals surface area contributed by atoms with Gasteiger partial charge in [0.05, 0.1) is 11.3 Å². The van der Waals surface area contributed by atoms with E-state index in [1.807, 2.05) is 19.2 Å². The summed E-state index contributed by atoms with van der Waals surface area (Å²) >= 11 is 0. The van der Waals surface area contributed by atoms with E-state index in [4.69, 9.17) is 0 Å². The van der Waals surface area contributed by atoms with Crippen LogP contribution in [0.2, 0.25) is 0 Å². The second-order valence-electron chi connectivity index (χ2n) is 3.60. The molecule has 0 aliphatic carbocycles. The van der Waals surface area contributed by atoms with Crippen LogP contribution in [0, 0.1) is 0 Å². The monoisotopic (exact) mass is 218 g/mol. The Morgan fingerprint density at radius 1 is 1.44 bits per heavy atom. The van der Waals surface area contributed by atoms with Crippen molar-refractivity contribution in [2.24, 2.45) is 7.05 Å². The molecule has 2 heterocycles. The number of hydrogen-bond acceptors (Lipinski definition) is 3. The molecule has 2 aromatic rings. The maximum atomic E-state index is 11.8. The number of aromatic amines is 1. The number of rotatable bonds is 3. The standard InChI is InChI=1S/C11H14N4O/c1-12-7-9-10(14-15(2)11(9)16)8-3-5-13-6-4-8/h3-6,12,14H,7H2,1-2H3. The van der Waals surface area contributed by atoms with Crippen molar-refractivity contribution in [1.82, 2.24) is 20.1 Å². The highest BCUT2D eigenvalue weighted by atomic mass is 16.1. The molecule has 16 heavy (non-hydrogen) atoms. The van der Waals surface area contributed by atoms with Gasteiger partial charge in [-0.1, -0.05) is 0 Å². The zero-order valence-corrected chi connectivity index (χ0v) is 9.32. The summed E-state index contributed by atoms with van der Waals surface area (Å²) in [6, 6.07) is 3.76. The Labute approximate surface area is 93.1 Å². The van der Waals surface area contributed by atoms with Crippen LogP contribution in [0.3, 0.4) is 0 Å². The number of H-pyrrole nitrogens is 1. The summed E-state index contributed by atoms with van der Waals surface area (Å²) in [5.41, 5.74) is 2.57. The second-order valence-corrected chi connectivity index (χ2v) is 3.60. The zero-order chi connectivity index (χ0) is 11.5. The van der Waals surface area contributed by atoms with Crippen LogP contribution in [0.15, 0.2) is 29.3 Å². The van der Waals surface area contributed by atoms with Crippen LogP contribution in [0.25, 0.3) is 11.3 Å². The summed E-state index contributed by atoms with van der Waals surface area (Å²) in [6.45, 7) is 0.549. The van der Waals surface area contributed by atoms with E-state index in [-0.39, 0.29) is 5.56 Å². The summed E-state index contributed by atoms with van der Waals surface area (Å²) in [5.74, 6) is 0. The Hall–Kier alpha value is -1.88. The van der Waals surface area contributed by atoms with Gasteiger partial charge in [0.2, 0.25) is 0 Å². The topological polar surface area (TPSA) is 62.7 Å². The van der Waals surface area contributed by atoms with Crippen molar-refractivity contribution in [3.05, 3.63) is 40.4 Å². The average molecular weight is 218 g/mol. The predicted octanol–water partition coefficient (Wildman–Crippen LogP) is 0.495. The van der Waals surface area contributed by atoms with E-state index in [2.05, 4.69) is 15.4 Å². The lowest BCUT2D eigenvalue weighted by Gasteiger charge is -2.00. The molecule has 0 unspecified atom stereocenters. The van der Waals surface area contributed by atoms with Gasteiger partial charge in [0.1, 0.15) is 0 Å². The molecule has 0 aliphatic heterocycles. The van der Waals surface area contributed by atoms with Crippen molar-refractivity contribution < 1.29 is 0 Å². The smallest absolute Gasteiger partial charge is 0.271 e. The SMILES string of the molecule is CNCc1c(-c2ccncc2)[nH]n(C)c1=O. The molecule has 2 aromatic heterocycles. The second kappa shape index (κ2) is 4.32. The fourth-order valence-corrected chi connectivity index (χ4v) is 1.69. The van der Waals surface area contributed by atoms with Crippen molar-refractivity contribution in [2.75, 3.05) is 7.05 Å². The van der Waals surface area contributed by atoms with Gasteiger partial charge >= 0.3 is 0 Å². The third-order valence-corrected chi connectivity index (χ3v) is 2.47. The van der Waals surface area contributed by atoms with Crippen LogP contribution in [0.1, 0.15) is 5.56 Å². The molecule has 0 radical (unpaired) electrons. The molecule has 0 aliphatic rings. The molecule has 2 N–H and O–H groups in total. The van der Waals surface area contributed by atoms with Crippen LogP contribution in [-0.2, 0) is 13.6 Å². The molecule has 5 nitrogen and oxygen atoms in total. The van der Waals surface area contributed by atoms with Crippen molar-refractivity contribution in [3.8, 4) is 11.3 Å². The van der Waals surface area contributed by atoms with Gasteiger partial charge in [0.15, 0.2) is 0 Å². The lowest BCUT2D eigenvalue weighted by atomic mass is 10.1. The first kappa shape index (κ1) is 10.6. The molecule has 0 atom stereocenters. The third kappa shape index (κ3) is 1.77. The molecule has 0 bridgehead atoms. The van der Waals surface area contributed by atoms with Crippen LogP contribution in [0.4, 0.5) is 0 Å². The van der Waals surface area contributed by atoms with Gasteiger partial charge in [0, 0.05) is 31.5 Å². The quantitative estimate of drug-likeness (QED) is 0.788. The number of aromatic nitrogens is 3. The minimum absolute atomic E-state index is 0.00108. The first-order valence-corrected chi connectivity index (χ1v) is 5.07. The summed E-state index contributed by atoms with van der Waals surface area (Å²) in [7, 11) is 3.54. The molecule has 0 spiro atoms. The number of pyridine rings is 1. The fraction of sp³-hybridized carbons (Fsp3) is 0.273. The Balaban J connectivity index is 2.57. The zero-order valence-electron chi connectivity index (χ0n) is 9.32. The van der Waals surface area contributed by atoms with Gasteiger partial charge in [-0.2, -0.15) is 0 Å². The van der Waals surface area contributed by atoms with Gasteiger partial charge in [-0.15, -0.1) is 0 Å². The molecular formula is C11H14N4O. The average Bonchev–Trinajstić information content (AvgIpc) is 2.59. The largest absolute Gasteiger partial charge is 0.315 e. The van der Waals surface area contributed by atoms with E-state index in [1.165, 1.54) is 4.68 Å². The predicted molar refractivity (Wildman–Crippen MR) is 62.0 cm³/mol. The lowest BCUT2D eigenvalue weighted by Crippen LogP contribution is -2.19. The Morgan fingerprint density at radius 2 is 2.12 bits per heavy atom. The maximum Gasteiger partial charge on any atom is 0.271 e. The van der Waals surface area contributed by atoms with Gasteiger partial charge < -0.3 is 5.32 Å². The number of nitrogens with one attached hydrogen (secondary N) is 2. The number of hydrogen-bond donors (Lipinski definition) is 2. The minimum Gasteiger partial charge on any atom is -0.315 e. The normalized spacial score (nSPS) is 10.6. The summed E-state index contributed by atoms with van der Waals surface area (Å²) in [6.07, 6.45) is 3.42. The third-order valence-electron chi connectivity index (χ3n) is 2.47. The first-order valence-electron chi connectivity index (χ1n) is 5.07. The maximum absolute atomic E-state index is 11.8. The number of aryl methyl sites for hydroxylation is 1. The van der Waals surface area contributed by atoms with E-state index in [9.17, 15) is 4.79 Å². The van der Waals surface area contributed by atoms with Crippen molar-refractivity contribution in [3.63, 3.8) is 0 Å².